The molecule has 36 heavy (non-hydrogen) atoms. The van der Waals surface area contributed by atoms with Crippen LogP contribution >= 0.6 is 0 Å². The lowest BCUT2D eigenvalue weighted by molar-refractivity contribution is -0.143. The molecule has 2 saturated heterocycles. The molecule has 1 atom stereocenters. The maximum absolute atomic E-state index is 12.3. The van der Waals surface area contributed by atoms with E-state index in [2.05, 4.69) is 41.8 Å². The van der Waals surface area contributed by atoms with Crippen molar-refractivity contribution in [3.05, 3.63) is 35.9 Å². The van der Waals surface area contributed by atoms with Crippen LogP contribution in [0.25, 0.3) is 0 Å². The molecule has 0 radical (unpaired) electrons. The Balaban J connectivity index is 0.000000314. The molecule has 1 aromatic carbocycles. The number of rotatable bonds is 4. The highest BCUT2D eigenvalue weighted by Gasteiger charge is 2.53. The number of nitrogens with zero attached hydrogens (tertiary/aromatic N) is 2. The average Bonchev–Trinajstić information content (AvgIpc) is 3.42. The van der Waals surface area contributed by atoms with E-state index in [0.717, 1.165) is 45.3 Å². The van der Waals surface area contributed by atoms with E-state index in [1.165, 1.54) is 5.56 Å². The summed E-state index contributed by atoms with van der Waals surface area (Å²) in [6, 6.07) is 10.3. The second-order valence-corrected chi connectivity index (χ2v) is 10.3. The van der Waals surface area contributed by atoms with Crippen LogP contribution in [0.4, 0.5) is 0 Å². The van der Waals surface area contributed by atoms with Crippen molar-refractivity contribution >= 4 is 24.7 Å². The van der Waals surface area contributed by atoms with Gasteiger partial charge in [0.05, 0.1) is 12.1 Å². The van der Waals surface area contributed by atoms with Gasteiger partial charge in [-0.25, -0.2) is 0 Å². The van der Waals surface area contributed by atoms with Crippen LogP contribution in [0.1, 0.15) is 58.9 Å². The summed E-state index contributed by atoms with van der Waals surface area (Å²) >= 11 is 0. The topological polar surface area (TPSA) is 122 Å². The number of carbonyl (C=O) groups excluding carboxylic acids is 4. The normalized spacial score (nSPS) is 19.5. The van der Waals surface area contributed by atoms with E-state index < -0.39 is 0 Å². The van der Waals surface area contributed by atoms with Gasteiger partial charge in [-0.05, 0) is 52.9 Å². The van der Waals surface area contributed by atoms with Crippen molar-refractivity contribution in [3.8, 4) is 0 Å². The molecule has 1 saturated carbocycles. The van der Waals surface area contributed by atoms with Crippen molar-refractivity contribution in [2.75, 3.05) is 32.7 Å². The van der Waals surface area contributed by atoms with Crippen LogP contribution < -0.4 is 11.1 Å². The van der Waals surface area contributed by atoms with Crippen molar-refractivity contribution < 1.29 is 23.9 Å². The lowest BCUT2D eigenvalue weighted by Crippen LogP contribution is -2.58. The van der Waals surface area contributed by atoms with E-state index in [4.69, 9.17) is 4.79 Å². The number of hydrogen-bond donors (Lipinski definition) is 2. The SMILES string of the molecule is CC(C)(C)OC=O.CCC1CCN(C(=O)CN2CCNC3(CC3)C2=O)C1.Cc1ccccc1.NC=O. The second-order valence-electron chi connectivity index (χ2n) is 10.3. The van der Waals surface area contributed by atoms with Crippen molar-refractivity contribution in [1.29, 1.82) is 0 Å². The Morgan fingerprint density at radius 1 is 1.19 bits per heavy atom. The lowest BCUT2D eigenvalue weighted by atomic mass is 10.1. The summed E-state index contributed by atoms with van der Waals surface area (Å²) in [4.78, 5) is 46.4. The first kappa shape index (κ1) is 31.1. The van der Waals surface area contributed by atoms with Gasteiger partial charge in [-0.1, -0.05) is 49.2 Å². The molecule has 1 spiro atoms. The summed E-state index contributed by atoms with van der Waals surface area (Å²) in [5.74, 6) is 0.915. The lowest BCUT2D eigenvalue weighted by Gasteiger charge is -2.34. The minimum atomic E-state index is -0.318. The summed E-state index contributed by atoms with van der Waals surface area (Å²) < 4.78 is 4.55. The Hall–Kier alpha value is -2.94. The number of amides is 3. The molecular formula is C27H44N4O5. The monoisotopic (exact) mass is 504 g/mol. The molecule has 1 unspecified atom stereocenters. The van der Waals surface area contributed by atoms with Gasteiger partial charge in [0.2, 0.25) is 18.2 Å². The predicted octanol–water partition coefficient (Wildman–Crippen LogP) is 2.26. The molecule has 3 N–H and O–H groups in total. The summed E-state index contributed by atoms with van der Waals surface area (Å²) in [6.07, 6.45) is 4.36. The van der Waals surface area contributed by atoms with E-state index in [1.807, 2.05) is 43.9 Å². The average molecular weight is 505 g/mol. The third kappa shape index (κ3) is 11.2. The Morgan fingerprint density at radius 3 is 2.19 bits per heavy atom. The van der Waals surface area contributed by atoms with E-state index in [9.17, 15) is 14.4 Å². The van der Waals surface area contributed by atoms with E-state index >= 15 is 0 Å². The van der Waals surface area contributed by atoms with Crippen molar-refractivity contribution in [3.63, 3.8) is 0 Å². The van der Waals surface area contributed by atoms with Crippen LogP contribution in [-0.2, 0) is 23.9 Å². The molecule has 202 valence electrons. The molecule has 3 aliphatic rings. The minimum absolute atomic E-state index is 0.127. The number of ether oxygens (including phenoxy) is 1. The maximum Gasteiger partial charge on any atom is 0.293 e. The fourth-order valence-corrected chi connectivity index (χ4v) is 3.91. The van der Waals surface area contributed by atoms with Crippen LogP contribution in [0, 0.1) is 12.8 Å². The summed E-state index contributed by atoms with van der Waals surface area (Å²) in [6.45, 7) is 13.7. The van der Waals surface area contributed by atoms with Crippen molar-refractivity contribution in [2.45, 2.75) is 71.4 Å². The molecule has 9 heteroatoms. The van der Waals surface area contributed by atoms with Gasteiger partial charge in [0, 0.05) is 26.2 Å². The van der Waals surface area contributed by atoms with Crippen molar-refractivity contribution in [1.82, 2.24) is 15.1 Å². The Morgan fingerprint density at radius 2 is 1.81 bits per heavy atom. The number of hydrogen-bond acceptors (Lipinski definition) is 6. The highest BCUT2D eigenvalue weighted by molar-refractivity contribution is 5.93. The number of aryl methyl sites for hydroxylation is 1. The molecular weight excluding hydrogens is 460 g/mol. The molecule has 2 heterocycles. The van der Waals surface area contributed by atoms with Gasteiger partial charge in [-0.15, -0.1) is 0 Å². The third-order valence-corrected chi connectivity index (χ3v) is 6.18. The van der Waals surface area contributed by atoms with Crippen LogP contribution in [0.15, 0.2) is 30.3 Å². The Bertz CT molecular complexity index is 821. The van der Waals surface area contributed by atoms with Gasteiger partial charge in [0.1, 0.15) is 5.60 Å². The Labute approximate surface area is 215 Å². The van der Waals surface area contributed by atoms with Crippen LogP contribution in [0.2, 0.25) is 0 Å². The first-order valence-corrected chi connectivity index (χ1v) is 12.6. The van der Waals surface area contributed by atoms with Gasteiger partial charge >= 0.3 is 0 Å². The van der Waals surface area contributed by atoms with Crippen LogP contribution in [0.5, 0.6) is 0 Å². The first-order chi connectivity index (χ1) is 17.0. The van der Waals surface area contributed by atoms with Crippen LogP contribution in [0.3, 0.4) is 0 Å². The standard InChI is InChI=1S/C14H23N3O2.C7H8.C5H10O2.CH3NO/c1-2-11-3-7-16(9-11)12(18)10-17-8-6-15-14(4-5-14)13(17)19;1-7-5-3-2-4-6-7;1-5(2,3)7-4-6;2-1-3/h11,15H,2-10H2,1H3;2-6H,1H3;4H,1-3H3;1H,(H2,2,3). The largest absolute Gasteiger partial charge is 0.462 e. The highest BCUT2D eigenvalue weighted by Crippen LogP contribution is 2.38. The zero-order valence-corrected chi connectivity index (χ0v) is 22.5. The molecule has 4 rings (SSSR count). The van der Waals surface area contributed by atoms with Gasteiger partial charge in [0.25, 0.3) is 6.47 Å². The fraction of sp³-hybridized carbons (Fsp3) is 0.630. The van der Waals surface area contributed by atoms with Gasteiger partial charge < -0.3 is 25.6 Å². The van der Waals surface area contributed by atoms with Gasteiger partial charge in [-0.3, -0.25) is 19.2 Å². The quantitative estimate of drug-likeness (QED) is 0.607. The number of primary amides is 1. The number of nitrogens with two attached hydrogens (primary N) is 1. The van der Waals surface area contributed by atoms with Crippen molar-refractivity contribution in [2.24, 2.45) is 11.7 Å². The fourth-order valence-electron chi connectivity index (χ4n) is 3.91. The molecule has 9 nitrogen and oxygen atoms in total. The number of nitrogens with one attached hydrogen (secondary N) is 1. The number of benzene rings is 1. The number of likely N-dealkylation sites (tertiary alicyclic amines) is 1. The summed E-state index contributed by atoms with van der Waals surface area (Å²) in [5.41, 5.74) is 4.87. The molecule has 1 aliphatic carbocycles. The highest BCUT2D eigenvalue weighted by atomic mass is 16.5. The molecule has 3 amide bonds. The zero-order chi connectivity index (χ0) is 27.2. The van der Waals surface area contributed by atoms with E-state index in [-0.39, 0.29) is 35.9 Å². The zero-order valence-electron chi connectivity index (χ0n) is 22.5. The molecule has 3 fully saturated rings. The smallest absolute Gasteiger partial charge is 0.293 e. The van der Waals surface area contributed by atoms with E-state index in [0.29, 0.717) is 18.9 Å². The van der Waals surface area contributed by atoms with E-state index in [1.54, 1.807) is 4.90 Å². The second kappa shape index (κ2) is 15.2. The Kier molecular flexibility index (Phi) is 13.2. The maximum atomic E-state index is 12.3. The molecule has 1 aromatic rings. The summed E-state index contributed by atoms with van der Waals surface area (Å²) in [7, 11) is 0. The number of piperazine rings is 1. The minimum Gasteiger partial charge on any atom is -0.462 e. The number of carbonyl (C=O) groups is 4. The third-order valence-electron chi connectivity index (χ3n) is 6.18. The van der Waals surface area contributed by atoms with Gasteiger partial charge in [-0.2, -0.15) is 0 Å². The molecule has 0 bridgehead atoms. The molecule has 2 aliphatic heterocycles. The first-order valence-electron chi connectivity index (χ1n) is 12.6. The molecule has 0 aromatic heterocycles. The van der Waals surface area contributed by atoms with Crippen LogP contribution in [-0.4, -0.2) is 78.4 Å². The summed E-state index contributed by atoms with van der Waals surface area (Å²) in [5, 5.41) is 3.29. The van der Waals surface area contributed by atoms with Gasteiger partial charge in [0.15, 0.2) is 0 Å². The predicted molar refractivity (Wildman–Crippen MR) is 140 cm³/mol.